The first-order valence-corrected chi connectivity index (χ1v) is 10.7. The summed E-state index contributed by atoms with van der Waals surface area (Å²) in [5.74, 6) is -0.000677. The van der Waals surface area contributed by atoms with E-state index in [4.69, 9.17) is 9.47 Å². The number of hydrogen-bond acceptors (Lipinski definition) is 6. The van der Waals surface area contributed by atoms with Gasteiger partial charge in [-0.1, -0.05) is 24.3 Å². The number of anilines is 3. The molecule has 1 saturated heterocycles. The molecule has 5 rings (SSSR count). The maximum Gasteiger partial charge on any atom is 0.265 e. The first-order chi connectivity index (χ1) is 15.6. The maximum atomic E-state index is 13.3. The molecule has 166 valence electrons. The Labute approximate surface area is 185 Å². The molecule has 0 aromatic heterocycles. The van der Waals surface area contributed by atoms with Crippen molar-refractivity contribution in [3.8, 4) is 5.75 Å². The molecule has 3 aliphatic heterocycles. The van der Waals surface area contributed by atoms with Gasteiger partial charge < -0.3 is 24.6 Å². The summed E-state index contributed by atoms with van der Waals surface area (Å²) < 4.78 is 11.4. The van der Waals surface area contributed by atoms with Gasteiger partial charge in [-0.15, -0.1) is 0 Å². The average molecular weight is 436 g/mol. The molecule has 3 aliphatic rings. The maximum absolute atomic E-state index is 13.3. The van der Waals surface area contributed by atoms with Gasteiger partial charge in [0.05, 0.1) is 43.4 Å². The smallest absolute Gasteiger partial charge is 0.265 e. The Balaban J connectivity index is 1.38. The standard InChI is InChI=1S/C23H24N4O5/c28-21-14-27(17-6-2-1-5-16(17)24-21)22(29)15-26-13-20(23(30)25-9-11-31-12-10-25)32-19-8-4-3-7-18(19)26/h1-8,20H,9-15H2,(H,24,28). The average Bonchev–Trinajstić information content (AvgIpc) is 2.83. The van der Waals surface area contributed by atoms with Crippen LogP contribution in [0.15, 0.2) is 48.5 Å². The molecule has 9 nitrogen and oxygen atoms in total. The number of para-hydroxylation sites is 4. The lowest BCUT2D eigenvalue weighted by molar-refractivity contribution is -0.142. The first-order valence-electron chi connectivity index (χ1n) is 10.7. The molecular formula is C23H24N4O5. The molecule has 2 aromatic rings. The summed E-state index contributed by atoms with van der Waals surface area (Å²) in [6, 6.07) is 14.6. The number of ether oxygens (including phenoxy) is 2. The largest absolute Gasteiger partial charge is 0.477 e. The van der Waals surface area contributed by atoms with E-state index in [0.717, 1.165) is 5.69 Å². The summed E-state index contributed by atoms with van der Waals surface area (Å²) in [5.41, 5.74) is 2.03. The summed E-state index contributed by atoms with van der Waals surface area (Å²) in [5, 5.41) is 2.80. The van der Waals surface area contributed by atoms with Crippen LogP contribution in [0.5, 0.6) is 5.75 Å². The Hall–Kier alpha value is -3.59. The minimum Gasteiger partial charge on any atom is -0.477 e. The van der Waals surface area contributed by atoms with Gasteiger partial charge in [0, 0.05) is 13.1 Å². The van der Waals surface area contributed by atoms with Crippen LogP contribution < -0.4 is 19.9 Å². The summed E-state index contributed by atoms with van der Waals surface area (Å²) in [7, 11) is 0. The lowest BCUT2D eigenvalue weighted by Gasteiger charge is -2.39. The molecule has 3 amide bonds. The van der Waals surface area contributed by atoms with Crippen LogP contribution in [0.25, 0.3) is 0 Å². The molecule has 32 heavy (non-hydrogen) atoms. The van der Waals surface area contributed by atoms with Crippen LogP contribution in [0.1, 0.15) is 0 Å². The normalized spacial score (nSPS) is 20.1. The lowest BCUT2D eigenvalue weighted by atomic mass is 10.1. The van der Waals surface area contributed by atoms with Crippen LogP contribution in [0.2, 0.25) is 0 Å². The predicted octanol–water partition coefficient (Wildman–Crippen LogP) is 1.10. The van der Waals surface area contributed by atoms with Crippen LogP contribution in [-0.2, 0) is 19.1 Å². The number of rotatable bonds is 3. The molecule has 9 heteroatoms. The van der Waals surface area contributed by atoms with E-state index in [2.05, 4.69) is 5.32 Å². The van der Waals surface area contributed by atoms with Gasteiger partial charge in [-0.25, -0.2) is 0 Å². The van der Waals surface area contributed by atoms with Crippen molar-refractivity contribution in [2.75, 3.05) is 61.1 Å². The van der Waals surface area contributed by atoms with Crippen molar-refractivity contribution >= 4 is 34.8 Å². The van der Waals surface area contributed by atoms with Crippen molar-refractivity contribution in [3.05, 3.63) is 48.5 Å². The van der Waals surface area contributed by atoms with E-state index in [1.54, 1.807) is 17.0 Å². The van der Waals surface area contributed by atoms with E-state index < -0.39 is 6.10 Å². The third-order valence-corrected chi connectivity index (χ3v) is 5.86. The highest BCUT2D eigenvalue weighted by atomic mass is 16.5. The molecule has 1 unspecified atom stereocenters. The minimum absolute atomic E-state index is 0.0227. The van der Waals surface area contributed by atoms with Crippen LogP contribution >= 0.6 is 0 Å². The highest BCUT2D eigenvalue weighted by Gasteiger charge is 2.36. The SMILES string of the molecule is O=C1CN(C(=O)CN2CC(C(=O)N3CCOCC3)Oc3ccccc32)c2ccccc2N1. The second-order valence-corrected chi connectivity index (χ2v) is 7.94. The zero-order valence-corrected chi connectivity index (χ0v) is 17.5. The highest BCUT2D eigenvalue weighted by Crippen LogP contribution is 2.34. The van der Waals surface area contributed by atoms with Crippen molar-refractivity contribution in [2.45, 2.75) is 6.10 Å². The Morgan fingerprint density at radius 3 is 2.53 bits per heavy atom. The van der Waals surface area contributed by atoms with Crippen LogP contribution in [0.3, 0.4) is 0 Å². The number of nitrogens with zero attached hydrogens (tertiary/aromatic N) is 3. The Kier molecular flexibility index (Phi) is 5.40. The van der Waals surface area contributed by atoms with E-state index in [1.165, 1.54) is 4.90 Å². The molecule has 1 N–H and O–H groups in total. The minimum atomic E-state index is -0.715. The molecule has 0 aliphatic carbocycles. The number of hydrogen-bond donors (Lipinski definition) is 1. The van der Waals surface area contributed by atoms with Gasteiger partial charge >= 0.3 is 0 Å². The molecule has 1 fully saturated rings. The molecule has 0 bridgehead atoms. The molecule has 3 heterocycles. The van der Waals surface area contributed by atoms with E-state index in [9.17, 15) is 14.4 Å². The Bertz CT molecular complexity index is 1050. The fourth-order valence-corrected chi connectivity index (χ4v) is 4.28. The number of carbonyl (C=O) groups is 3. The molecule has 0 saturated carbocycles. The summed E-state index contributed by atoms with van der Waals surface area (Å²) in [6.45, 7) is 2.30. The number of nitrogens with one attached hydrogen (secondary N) is 1. The zero-order chi connectivity index (χ0) is 22.1. The second kappa shape index (κ2) is 8.51. The van der Waals surface area contributed by atoms with Crippen LogP contribution in [0, 0.1) is 0 Å². The van der Waals surface area contributed by atoms with Gasteiger partial charge in [-0.05, 0) is 24.3 Å². The topological polar surface area (TPSA) is 91.4 Å². The van der Waals surface area contributed by atoms with E-state index in [1.807, 2.05) is 41.3 Å². The molecule has 2 aromatic carbocycles. The molecule has 1 atom stereocenters. The van der Waals surface area contributed by atoms with Crippen molar-refractivity contribution in [2.24, 2.45) is 0 Å². The number of amides is 3. The fraction of sp³-hybridized carbons (Fsp3) is 0.348. The number of fused-ring (bicyclic) bond motifs is 2. The van der Waals surface area contributed by atoms with Gasteiger partial charge in [-0.3, -0.25) is 19.3 Å². The highest BCUT2D eigenvalue weighted by molar-refractivity contribution is 6.11. The van der Waals surface area contributed by atoms with Crippen molar-refractivity contribution in [1.82, 2.24) is 4.90 Å². The fourth-order valence-electron chi connectivity index (χ4n) is 4.28. The quantitative estimate of drug-likeness (QED) is 0.775. The second-order valence-electron chi connectivity index (χ2n) is 7.94. The third kappa shape index (κ3) is 3.87. The van der Waals surface area contributed by atoms with Gasteiger partial charge in [0.15, 0.2) is 6.10 Å². The van der Waals surface area contributed by atoms with Gasteiger partial charge in [0.25, 0.3) is 5.91 Å². The molecular weight excluding hydrogens is 412 g/mol. The third-order valence-electron chi connectivity index (χ3n) is 5.86. The zero-order valence-electron chi connectivity index (χ0n) is 17.5. The van der Waals surface area contributed by atoms with E-state index >= 15 is 0 Å². The van der Waals surface area contributed by atoms with Gasteiger partial charge in [-0.2, -0.15) is 0 Å². The number of benzene rings is 2. The van der Waals surface area contributed by atoms with Gasteiger partial charge in [0.1, 0.15) is 12.3 Å². The Morgan fingerprint density at radius 1 is 1.00 bits per heavy atom. The number of morpholine rings is 1. The van der Waals surface area contributed by atoms with Gasteiger partial charge in [0.2, 0.25) is 11.8 Å². The van der Waals surface area contributed by atoms with Crippen LogP contribution in [-0.4, -0.2) is 74.7 Å². The lowest BCUT2D eigenvalue weighted by Crippen LogP contribution is -2.55. The van der Waals surface area contributed by atoms with E-state index in [-0.39, 0.29) is 37.4 Å². The van der Waals surface area contributed by atoms with Crippen molar-refractivity contribution in [3.63, 3.8) is 0 Å². The Morgan fingerprint density at radius 2 is 1.72 bits per heavy atom. The molecule has 0 spiro atoms. The summed E-state index contributed by atoms with van der Waals surface area (Å²) >= 11 is 0. The van der Waals surface area contributed by atoms with E-state index in [0.29, 0.717) is 43.4 Å². The van der Waals surface area contributed by atoms with Crippen molar-refractivity contribution < 1.29 is 23.9 Å². The summed E-state index contributed by atoms with van der Waals surface area (Å²) in [4.78, 5) is 43.6. The predicted molar refractivity (Wildman–Crippen MR) is 118 cm³/mol. The first kappa shape index (κ1) is 20.3. The van der Waals surface area contributed by atoms with Crippen LogP contribution in [0.4, 0.5) is 17.1 Å². The number of carbonyl (C=O) groups excluding carboxylic acids is 3. The van der Waals surface area contributed by atoms with Crippen molar-refractivity contribution in [1.29, 1.82) is 0 Å². The monoisotopic (exact) mass is 436 g/mol. The molecule has 0 radical (unpaired) electrons. The summed E-state index contributed by atoms with van der Waals surface area (Å²) in [6.07, 6.45) is -0.715.